The fraction of sp³-hybridized carbons (Fsp3) is 0.364. The van der Waals surface area contributed by atoms with Crippen molar-refractivity contribution in [3.8, 4) is 0 Å². The highest BCUT2D eigenvalue weighted by Crippen LogP contribution is 2.21. The third-order valence-electron chi connectivity index (χ3n) is 2.62. The van der Waals surface area contributed by atoms with Crippen LogP contribution in [0.15, 0.2) is 29.0 Å². The molecule has 0 spiro atoms. The summed E-state index contributed by atoms with van der Waals surface area (Å²) in [7, 11) is 0. The molecule has 1 fully saturated rings. The van der Waals surface area contributed by atoms with E-state index in [0.29, 0.717) is 0 Å². The Morgan fingerprint density at radius 2 is 2.47 bits per heavy atom. The summed E-state index contributed by atoms with van der Waals surface area (Å²) < 4.78 is 10.9. The molecule has 0 aliphatic carbocycles. The summed E-state index contributed by atoms with van der Waals surface area (Å²) in [6.07, 6.45) is 3.50. The van der Waals surface area contributed by atoms with E-state index in [0.717, 1.165) is 36.4 Å². The lowest BCUT2D eigenvalue weighted by molar-refractivity contribution is 0.0251. The van der Waals surface area contributed by atoms with E-state index in [1.54, 1.807) is 12.5 Å². The largest absolute Gasteiger partial charge is 0.463 e. The van der Waals surface area contributed by atoms with Crippen LogP contribution in [0.2, 0.25) is 0 Å². The lowest BCUT2D eigenvalue weighted by Gasteiger charge is -2.22. The van der Waals surface area contributed by atoms with Crippen LogP contribution in [0.1, 0.15) is 11.8 Å². The number of nitrogens with zero attached hydrogens (tertiary/aromatic N) is 1. The summed E-state index contributed by atoms with van der Waals surface area (Å²) in [4.78, 5) is 4.34. The maximum absolute atomic E-state index is 5.63. The summed E-state index contributed by atoms with van der Waals surface area (Å²) in [5.41, 5.74) is 1.79. The second kappa shape index (κ2) is 3.64. The number of hydrogen-bond acceptors (Lipinski definition) is 4. The minimum Gasteiger partial charge on any atom is -0.463 e. The van der Waals surface area contributed by atoms with Gasteiger partial charge in [0.15, 0.2) is 5.58 Å². The third kappa shape index (κ3) is 1.62. The number of rotatable bonds is 1. The molecule has 1 saturated heterocycles. The first-order valence-electron chi connectivity index (χ1n) is 5.09. The Labute approximate surface area is 87.2 Å². The summed E-state index contributed by atoms with van der Waals surface area (Å²) in [6, 6.07) is 3.97. The SMILES string of the molecule is c1cc2cc(C3CNCCO3)ncc2o1. The number of hydrogen-bond donors (Lipinski definition) is 1. The highest BCUT2D eigenvalue weighted by Gasteiger charge is 2.17. The molecule has 0 saturated carbocycles. The summed E-state index contributed by atoms with van der Waals surface area (Å²) in [6.45, 7) is 2.50. The molecule has 1 aliphatic heterocycles. The number of pyridine rings is 1. The van der Waals surface area contributed by atoms with Crippen LogP contribution >= 0.6 is 0 Å². The molecule has 78 valence electrons. The molecule has 1 N–H and O–H groups in total. The van der Waals surface area contributed by atoms with Gasteiger partial charge in [-0.05, 0) is 12.1 Å². The molecule has 1 unspecified atom stereocenters. The summed E-state index contributed by atoms with van der Waals surface area (Å²) in [5, 5.41) is 4.36. The summed E-state index contributed by atoms with van der Waals surface area (Å²) in [5.74, 6) is 0. The summed E-state index contributed by atoms with van der Waals surface area (Å²) >= 11 is 0. The predicted molar refractivity (Wildman–Crippen MR) is 55.6 cm³/mol. The van der Waals surface area contributed by atoms with E-state index in [4.69, 9.17) is 9.15 Å². The fourth-order valence-electron chi connectivity index (χ4n) is 1.82. The maximum Gasteiger partial charge on any atom is 0.152 e. The molecule has 0 radical (unpaired) electrons. The number of morpholine rings is 1. The quantitative estimate of drug-likeness (QED) is 0.764. The van der Waals surface area contributed by atoms with Gasteiger partial charge in [0.1, 0.15) is 6.10 Å². The molecule has 4 heteroatoms. The molecule has 1 atom stereocenters. The Hall–Kier alpha value is -1.39. The van der Waals surface area contributed by atoms with E-state index in [1.807, 2.05) is 12.1 Å². The topological polar surface area (TPSA) is 47.3 Å². The van der Waals surface area contributed by atoms with Crippen molar-refractivity contribution in [3.63, 3.8) is 0 Å². The van der Waals surface area contributed by atoms with Crippen molar-refractivity contribution in [1.82, 2.24) is 10.3 Å². The Kier molecular flexibility index (Phi) is 2.16. The van der Waals surface area contributed by atoms with Crippen LogP contribution in [0.25, 0.3) is 11.0 Å². The van der Waals surface area contributed by atoms with Crippen LogP contribution in [0.5, 0.6) is 0 Å². The van der Waals surface area contributed by atoms with Crippen molar-refractivity contribution in [2.45, 2.75) is 6.10 Å². The van der Waals surface area contributed by atoms with E-state index in [2.05, 4.69) is 10.3 Å². The molecule has 0 aromatic carbocycles. The first-order chi connectivity index (χ1) is 7.43. The average molecular weight is 204 g/mol. The van der Waals surface area contributed by atoms with Gasteiger partial charge < -0.3 is 14.5 Å². The molecule has 2 aromatic rings. The van der Waals surface area contributed by atoms with Gasteiger partial charge in [-0.25, -0.2) is 0 Å². The zero-order chi connectivity index (χ0) is 10.1. The Balaban J connectivity index is 1.95. The van der Waals surface area contributed by atoms with Crippen molar-refractivity contribution < 1.29 is 9.15 Å². The first-order valence-corrected chi connectivity index (χ1v) is 5.09. The number of aromatic nitrogens is 1. The number of nitrogens with one attached hydrogen (secondary N) is 1. The fourth-order valence-corrected chi connectivity index (χ4v) is 1.82. The highest BCUT2D eigenvalue weighted by molar-refractivity contribution is 5.76. The van der Waals surface area contributed by atoms with E-state index in [-0.39, 0.29) is 6.10 Å². The predicted octanol–water partition coefficient (Wildman–Crippen LogP) is 1.49. The van der Waals surface area contributed by atoms with Crippen molar-refractivity contribution in [3.05, 3.63) is 30.3 Å². The molecule has 2 aromatic heterocycles. The van der Waals surface area contributed by atoms with Crippen LogP contribution in [-0.4, -0.2) is 24.7 Å². The average Bonchev–Trinajstić information content (AvgIpc) is 2.77. The van der Waals surface area contributed by atoms with E-state index in [1.165, 1.54) is 0 Å². The van der Waals surface area contributed by atoms with Crippen molar-refractivity contribution >= 4 is 11.0 Å². The van der Waals surface area contributed by atoms with E-state index >= 15 is 0 Å². The maximum atomic E-state index is 5.63. The van der Waals surface area contributed by atoms with Gasteiger partial charge in [-0.15, -0.1) is 0 Å². The third-order valence-corrected chi connectivity index (χ3v) is 2.62. The Morgan fingerprint density at radius 3 is 3.33 bits per heavy atom. The molecule has 0 bridgehead atoms. The minimum absolute atomic E-state index is 0.0676. The van der Waals surface area contributed by atoms with Crippen LogP contribution < -0.4 is 5.32 Å². The van der Waals surface area contributed by atoms with Gasteiger partial charge in [-0.2, -0.15) is 0 Å². The second-order valence-electron chi connectivity index (χ2n) is 3.63. The smallest absolute Gasteiger partial charge is 0.152 e. The normalized spacial score (nSPS) is 22.0. The lowest BCUT2D eigenvalue weighted by Crippen LogP contribution is -2.33. The van der Waals surface area contributed by atoms with Gasteiger partial charge >= 0.3 is 0 Å². The number of furan rings is 1. The highest BCUT2D eigenvalue weighted by atomic mass is 16.5. The van der Waals surface area contributed by atoms with Gasteiger partial charge in [0.2, 0.25) is 0 Å². The van der Waals surface area contributed by atoms with Crippen LogP contribution in [0, 0.1) is 0 Å². The van der Waals surface area contributed by atoms with Crippen LogP contribution in [-0.2, 0) is 4.74 Å². The molecular formula is C11H12N2O2. The van der Waals surface area contributed by atoms with Crippen molar-refractivity contribution in [2.75, 3.05) is 19.7 Å². The molecular weight excluding hydrogens is 192 g/mol. The van der Waals surface area contributed by atoms with Gasteiger partial charge in [-0.3, -0.25) is 4.98 Å². The zero-order valence-corrected chi connectivity index (χ0v) is 8.27. The molecule has 3 rings (SSSR count). The molecule has 3 heterocycles. The number of fused-ring (bicyclic) bond motifs is 1. The zero-order valence-electron chi connectivity index (χ0n) is 8.27. The van der Waals surface area contributed by atoms with Crippen LogP contribution in [0.4, 0.5) is 0 Å². The molecule has 0 amide bonds. The van der Waals surface area contributed by atoms with Gasteiger partial charge in [0.25, 0.3) is 0 Å². The monoisotopic (exact) mass is 204 g/mol. The molecule has 4 nitrogen and oxygen atoms in total. The van der Waals surface area contributed by atoms with Crippen molar-refractivity contribution in [1.29, 1.82) is 0 Å². The van der Waals surface area contributed by atoms with Crippen molar-refractivity contribution in [2.24, 2.45) is 0 Å². The van der Waals surface area contributed by atoms with Crippen LogP contribution in [0.3, 0.4) is 0 Å². The van der Waals surface area contributed by atoms with E-state index < -0.39 is 0 Å². The number of ether oxygens (including phenoxy) is 1. The van der Waals surface area contributed by atoms with Gasteiger partial charge in [0, 0.05) is 18.5 Å². The molecule has 15 heavy (non-hydrogen) atoms. The van der Waals surface area contributed by atoms with Gasteiger partial charge in [0.05, 0.1) is 24.8 Å². The second-order valence-corrected chi connectivity index (χ2v) is 3.63. The van der Waals surface area contributed by atoms with E-state index in [9.17, 15) is 0 Å². The Bertz CT molecular complexity index is 460. The minimum atomic E-state index is 0.0676. The first kappa shape index (κ1) is 8.88. The molecule has 1 aliphatic rings. The lowest BCUT2D eigenvalue weighted by atomic mass is 10.2. The van der Waals surface area contributed by atoms with Gasteiger partial charge in [-0.1, -0.05) is 0 Å². The Morgan fingerprint density at radius 1 is 1.47 bits per heavy atom. The standard InChI is InChI=1S/C11H12N2O2/c1-3-14-10-7-13-9(5-8(1)10)11-6-12-2-4-15-11/h1,3,5,7,11-12H,2,4,6H2.